The van der Waals surface area contributed by atoms with E-state index in [1.54, 1.807) is 26.0 Å². The zero-order valence-electron chi connectivity index (χ0n) is 10.5. The lowest BCUT2D eigenvalue weighted by atomic mass is 9.78. The molecule has 0 spiro atoms. The van der Waals surface area contributed by atoms with E-state index in [-0.39, 0.29) is 5.57 Å². The highest BCUT2D eigenvalue weighted by atomic mass is 16.4. The summed E-state index contributed by atoms with van der Waals surface area (Å²) in [6.07, 6.45) is 1.39. The average Bonchev–Trinajstić information content (AvgIpc) is 2.79. The van der Waals surface area contributed by atoms with E-state index in [2.05, 4.69) is 4.99 Å². The van der Waals surface area contributed by atoms with Crippen molar-refractivity contribution in [2.24, 2.45) is 10.9 Å². The fraction of sp³-hybridized carbons (Fsp3) is 0.308. The summed E-state index contributed by atoms with van der Waals surface area (Å²) in [5, 5.41) is 18.6. The van der Waals surface area contributed by atoms with E-state index < -0.39 is 23.8 Å². The van der Waals surface area contributed by atoms with Crippen LogP contribution in [0.1, 0.15) is 25.5 Å². The largest absolute Gasteiger partial charge is 0.481 e. The second kappa shape index (κ2) is 4.72. The van der Waals surface area contributed by atoms with Crippen molar-refractivity contribution in [1.82, 2.24) is 0 Å². The Hall–Kier alpha value is -2.37. The van der Waals surface area contributed by atoms with Crippen molar-refractivity contribution in [3.63, 3.8) is 0 Å². The summed E-state index contributed by atoms with van der Waals surface area (Å²) in [6.45, 7) is 3.14. The van der Waals surface area contributed by atoms with Crippen molar-refractivity contribution in [2.45, 2.75) is 19.8 Å². The van der Waals surface area contributed by atoms with Crippen LogP contribution < -0.4 is 0 Å². The topological polar surface area (TPSA) is 100 Å². The Labute approximate surface area is 109 Å². The number of carboxylic acids is 2. The molecule has 0 amide bonds. The first-order valence-corrected chi connectivity index (χ1v) is 5.69. The fourth-order valence-electron chi connectivity index (χ4n) is 2.41. The molecule has 6 heteroatoms. The molecule has 1 aliphatic heterocycles. The zero-order chi connectivity index (χ0) is 14.2. The molecule has 0 saturated carbocycles. The first-order valence-electron chi connectivity index (χ1n) is 5.69. The number of hydrogen-bond acceptors (Lipinski definition) is 4. The summed E-state index contributed by atoms with van der Waals surface area (Å²) in [4.78, 5) is 26.8. The van der Waals surface area contributed by atoms with Crippen LogP contribution in [0.5, 0.6) is 0 Å². The van der Waals surface area contributed by atoms with Gasteiger partial charge in [0.25, 0.3) is 0 Å². The summed E-state index contributed by atoms with van der Waals surface area (Å²) in [5.74, 6) is -3.86. The Balaban J connectivity index is 2.63. The molecule has 100 valence electrons. The summed E-state index contributed by atoms with van der Waals surface area (Å²) in [6, 6.07) is 3.18. The molecule has 6 nitrogen and oxygen atoms in total. The Bertz CT molecular complexity index is 582. The van der Waals surface area contributed by atoms with Crippen molar-refractivity contribution in [2.75, 3.05) is 0 Å². The zero-order valence-corrected chi connectivity index (χ0v) is 10.5. The monoisotopic (exact) mass is 263 g/mol. The van der Waals surface area contributed by atoms with Crippen LogP contribution in [0, 0.1) is 5.92 Å². The number of carbonyl (C=O) groups is 2. The fourth-order valence-corrected chi connectivity index (χ4v) is 2.41. The molecule has 2 heterocycles. The predicted molar refractivity (Wildman–Crippen MR) is 66.0 cm³/mol. The second-order valence-corrected chi connectivity index (χ2v) is 4.37. The van der Waals surface area contributed by atoms with Gasteiger partial charge in [0.2, 0.25) is 0 Å². The minimum atomic E-state index is -1.18. The van der Waals surface area contributed by atoms with Crippen molar-refractivity contribution in [3.05, 3.63) is 35.4 Å². The van der Waals surface area contributed by atoms with Crippen LogP contribution >= 0.6 is 0 Å². The maximum absolute atomic E-state index is 11.4. The Morgan fingerprint density at radius 2 is 2.00 bits per heavy atom. The number of rotatable bonds is 3. The Kier molecular flexibility index (Phi) is 3.25. The normalized spacial score (nSPS) is 23.2. The molecule has 0 saturated heterocycles. The van der Waals surface area contributed by atoms with E-state index in [1.807, 2.05) is 0 Å². The van der Waals surface area contributed by atoms with Crippen molar-refractivity contribution >= 4 is 17.7 Å². The molecule has 2 unspecified atom stereocenters. The average molecular weight is 263 g/mol. The van der Waals surface area contributed by atoms with Crippen molar-refractivity contribution in [1.29, 1.82) is 0 Å². The third-order valence-electron chi connectivity index (χ3n) is 3.17. The van der Waals surface area contributed by atoms with E-state index >= 15 is 0 Å². The first-order chi connectivity index (χ1) is 8.93. The van der Waals surface area contributed by atoms with Crippen LogP contribution in [-0.2, 0) is 9.59 Å². The van der Waals surface area contributed by atoms with Gasteiger partial charge in [-0.05, 0) is 26.0 Å². The number of allylic oxidation sites excluding steroid dienone is 1. The van der Waals surface area contributed by atoms with Crippen LogP contribution in [0.3, 0.4) is 0 Å². The summed E-state index contributed by atoms with van der Waals surface area (Å²) >= 11 is 0. The van der Waals surface area contributed by atoms with Gasteiger partial charge in [-0.25, -0.2) is 4.79 Å². The van der Waals surface area contributed by atoms with Gasteiger partial charge < -0.3 is 14.6 Å². The number of aliphatic imine (C=N–C) groups is 1. The van der Waals surface area contributed by atoms with Crippen LogP contribution in [0.15, 0.2) is 39.1 Å². The number of furan rings is 1. The Morgan fingerprint density at radius 1 is 1.32 bits per heavy atom. The summed E-state index contributed by atoms with van der Waals surface area (Å²) in [5.41, 5.74) is 0.647. The maximum atomic E-state index is 11.4. The molecule has 0 bridgehead atoms. The minimum absolute atomic E-state index is 0.0343. The highest BCUT2D eigenvalue weighted by Gasteiger charge is 2.42. The lowest BCUT2D eigenvalue weighted by Gasteiger charge is -2.27. The van der Waals surface area contributed by atoms with Crippen LogP contribution in [0.2, 0.25) is 0 Å². The SMILES string of the molecule is CC1=NC(C)=C(C(=O)O)C(c2ccco2)C1C(=O)O. The second-order valence-electron chi connectivity index (χ2n) is 4.37. The molecule has 2 rings (SSSR count). The Morgan fingerprint density at radius 3 is 2.47 bits per heavy atom. The molecular weight excluding hydrogens is 250 g/mol. The molecule has 19 heavy (non-hydrogen) atoms. The van der Waals surface area contributed by atoms with Gasteiger partial charge in [0, 0.05) is 11.4 Å². The molecule has 1 aromatic rings. The third-order valence-corrected chi connectivity index (χ3v) is 3.17. The molecule has 1 aliphatic rings. The van der Waals surface area contributed by atoms with E-state index in [4.69, 9.17) is 4.42 Å². The van der Waals surface area contributed by atoms with Crippen molar-refractivity contribution in [3.8, 4) is 0 Å². The quantitative estimate of drug-likeness (QED) is 0.867. The summed E-state index contributed by atoms with van der Waals surface area (Å²) in [7, 11) is 0. The number of nitrogens with zero attached hydrogens (tertiary/aromatic N) is 1. The lowest BCUT2D eigenvalue weighted by Crippen LogP contribution is -2.34. The maximum Gasteiger partial charge on any atom is 0.334 e. The number of aliphatic carboxylic acids is 2. The van der Waals surface area contributed by atoms with Gasteiger partial charge in [-0.15, -0.1) is 0 Å². The minimum Gasteiger partial charge on any atom is -0.481 e. The van der Waals surface area contributed by atoms with Gasteiger partial charge in [0.1, 0.15) is 11.7 Å². The number of carboxylic acid groups (broad SMARTS) is 2. The molecule has 2 atom stereocenters. The summed E-state index contributed by atoms with van der Waals surface area (Å²) < 4.78 is 5.21. The molecule has 1 aromatic heterocycles. The highest BCUT2D eigenvalue weighted by molar-refractivity contribution is 6.06. The standard InChI is InChI=1S/C13H13NO5/c1-6-9(12(15)16)11(8-4-3-5-19-8)10(13(17)18)7(2)14-6/h3-5,9,11H,1-2H3,(H,15,16)(H,17,18). The molecule has 0 aliphatic carbocycles. The van der Waals surface area contributed by atoms with E-state index in [1.165, 1.54) is 6.26 Å². The smallest absolute Gasteiger partial charge is 0.334 e. The first kappa shape index (κ1) is 13.1. The van der Waals surface area contributed by atoms with Crippen LogP contribution in [-0.4, -0.2) is 27.9 Å². The number of hydrogen-bond donors (Lipinski definition) is 2. The predicted octanol–water partition coefficient (Wildman–Crippen LogP) is 1.90. The van der Waals surface area contributed by atoms with Gasteiger partial charge in [0.15, 0.2) is 0 Å². The van der Waals surface area contributed by atoms with Crippen LogP contribution in [0.25, 0.3) is 0 Å². The van der Waals surface area contributed by atoms with Crippen LogP contribution in [0.4, 0.5) is 0 Å². The molecule has 0 radical (unpaired) electrons. The van der Waals surface area contributed by atoms with E-state index in [9.17, 15) is 19.8 Å². The molecule has 0 aromatic carbocycles. The third kappa shape index (κ3) is 2.16. The van der Waals surface area contributed by atoms with E-state index in [0.29, 0.717) is 17.2 Å². The van der Waals surface area contributed by atoms with Gasteiger partial charge >= 0.3 is 11.9 Å². The molecular formula is C13H13NO5. The molecule has 2 N–H and O–H groups in total. The van der Waals surface area contributed by atoms with Gasteiger partial charge in [0.05, 0.1) is 17.8 Å². The van der Waals surface area contributed by atoms with E-state index in [0.717, 1.165) is 0 Å². The highest BCUT2D eigenvalue weighted by Crippen LogP contribution is 2.39. The molecule has 0 fully saturated rings. The van der Waals surface area contributed by atoms with Gasteiger partial charge in [-0.1, -0.05) is 0 Å². The van der Waals surface area contributed by atoms with Gasteiger partial charge in [-0.2, -0.15) is 0 Å². The van der Waals surface area contributed by atoms with Crippen molar-refractivity contribution < 1.29 is 24.2 Å². The van der Waals surface area contributed by atoms with Gasteiger partial charge in [-0.3, -0.25) is 9.79 Å². The lowest BCUT2D eigenvalue weighted by molar-refractivity contribution is -0.140.